The molecule has 5 nitrogen and oxygen atoms in total. The van der Waals surface area contributed by atoms with Crippen molar-refractivity contribution in [3.05, 3.63) is 59.2 Å². The Labute approximate surface area is 197 Å². The number of anilines is 1. The molecule has 1 spiro atoms. The summed E-state index contributed by atoms with van der Waals surface area (Å²) in [5.41, 5.74) is 4.91. The number of ether oxygens (including phenoxy) is 3. The SMILES string of the molecule is COC(OC)C1CCN(c2ccc([C@H]3c4ccc(O)cc4COC34CCCCC4)cc2)CC1. The van der Waals surface area contributed by atoms with Crippen LogP contribution >= 0.6 is 0 Å². The number of hydrogen-bond donors (Lipinski definition) is 1. The van der Waals surface area contributed by atoms with Crippen LogP contribution in [0, 0.1) is 5.92 Å². The van der Waals surface area contributed by atoms with E-state index < -0.39 is 0 Å². The van der Waals surface area contributed by atoms with E-state index in [0.29, 0.717) is 18.3 Å². The largest absolute Gasteiger partial charge is 0.508 e. The molecule has 2 aliphatic heterocycles. The van der Waals surface area contributed by atoms with Crippen molar-refractivity contribution >= 4 is 5.69 Å². The lowest BCUT2D eigenvalue weighted by Gasteiger charge is -2.47. The highest BCUT2D eigenvalue weighted by molar-refractivity contribution is 5.52. The van der Waals surface area contributed by atoms with Crippen LogP contribution in [-0.2, 0) is 20.8 Å². The molecule has 178 valence electrons. The molecule has 1 saturated carbocycles. The van der Waals surface area contributed by atoms with Crippen molar-refractivity contribution < 1.29 is 19.3 Å². The summed E-state index contributed by atoms with van der Waals surface area (Å²) < 4.78 is 17.6. The van der Waals surface area contributed by atoms with Gasteiger partial charge in [0.25, 0.3) is 0 Å². The van der Waals surface area contributed by atoms with Crippen LogP contribution in [0.5, 0.6) is 5.75 Å². The molecule has 2 aromatic rings. The van der Waals surface area contributed by atoms with Crippen molar-refractivity contribution in [2.75, 3.05) is 32.2 Å². The van der Waals surface area contributed by atoms with E-state index in [0.717, 1.165) is 44.3 Å². The van der Waals surface area contributed by atoms with Crippen molar-refractivity contribution in [3.63, 3.8) is 0 Å². The Hall–Kier alpha value is -2.08. The van der Waals surface area contributed by atoms with Gasteiger partial charge in [0.2, 0.25) is 0 Å². The molecule has 0 bridgehead atoms. The fraction of sp³-hybridized carbons (Fsp3) is 0.571. The van der Waals surface area contributed by atoms with E-state index in [-0.39, 0.29) is 17.8 Å². The van der Waals surface area contributed by atoms with E-state index in [9.17, 15) is 5.11 Å². The van der Waals surface area contributed by atoms with Gasteiger partial charge in [0.15, 0.2) is 6.29 Å². The summed E-state index contributed by atoms with van der Waals surface area (Å²) in [4.78, 5) is 2.47. The first-order chi connectivity index (χ1) is 16.1. The Morgan fingerprint density at radius 3 is 2.33 bits per heavy atom. The summed E-state index contributed by atoms with van der Waals surface area (Å²) in [6, 6.07) is 15.0. The van der Waals surface area contributed by atoms with Crippen molar-refractivity contribution in [2.45, 2.75) is 69.4 Å². The second-order valence-electron chi connectivity index (χ2n) is 9.99. The van der Waals surface area contributed by atoms with Crippen molar-refractivity contribution in [1.82, 2.24) is 0 Å². The number of piperidine rings is 1. The minimum absolute atomic E-state index is 0.105. The number of aromatic hydroxyl groups is 1. The number of hydrogen-bond acceptors (Lipinski definition) is 5. The lowest BCUT2D eigenvalue weighted by molar-refractivity contribution is -0.141. The van der Waals surface area contributed by atoms with Gasteiger partial charge < -0.3 is 24.2 Å². The van der Waals surface area contributed by atoms with Gasteiger partial charge >= 0.3 is 0 Å². The molecule has 1 atom stereocenters. The normalized spacial score (nSPS) is 23.1. The summed E-state index contributed by atoms with van der Waals surface area (Å²) >= 11 is 0. The van der Waals surface area contributed by atoms with Gasteiger partial charge in [0.05, 0.1) is 12.2 Å². The van der Waals surface area contributed by atoms with E-state index in [1.807, 2.05) is 12.1 Å². The summed E-state index contributed by atoms with van der Waals surface area (Å²) in [5.74, 6) is 0.985. The molecule has 33 heavy (non-hydrogen) atoms. The van der Waals surface area contributed by atoms with Crippen LogP contribution in [0.1, 0.15) is 67.6 Å². The van der Waals surface area contributed by atoms with E-state index in [1.54, 1.807) is 14.2 Å². The monoisotopic (exact) mass is 451 g/mol. The van der Waals surface area contributed by atoms with Gasteiger partial charge in [-0.25, -0.2) is 0 Å². The highest BCUT2D eigenvalue weighted by Crippen LogP contribution is 2.51. The van der Waals surface area contributed by atoms with Crippen molar-refractivity contribution in [2.24, 2.45) is 5.92 Å². The fourth-order valence-electron chi connectivity index (χ4n) is 6.44. The molecule has 2 heterocycles. The molecule has 0 unspecified atom stereocenters. The number of benzene rings is 2. The van der Waals surface area contributed by atoms with Gasteiger partial charge in [0, 0.05) is 44.8 Å². The van der Waals surface area contributed by atoms with Gasteiger partial charge in [-0.2, -0.15) is 0 Å². The molecular weight excluding hydrogens is 414 g/mol. The first-order valence-corrected chi connectivity index (χ1v) is 12.5. The standard InChI is InChI=1S/C28H37NO4/c1-31-27(32-2)21-12-16-29(17-13-21)23-8-6-20(7-9-23)26-25-11-10-24(30)18-22(25)19-33-28(26)14-4-3-5-15-28/h6-11,18,21,26-27,30H,3-5,12-17,19H2,1-2H3/t26-/m0/s1. The fourth-order valence-corrected chi connectivity index (χ4v) is 6.44. The lowest BCUT2D eigenvalue weighted by atomic mass is 9.67. The minimum atomic E-state index is -0.128. The third kappa shape index (κ3) is 4.39. The Morgan fingerprint density at radius 2 is 1.67 bits per heavy atom. The molecule has 2 aromatic carbocycles. The average molecular weight is 452 g/mol. The third-order valence-corrected chi connectivity index (χ3v) is 8.16. The molecule has 2 fully saturated rings. The third-order valence-electron chi connectivity index (χ3n) is 8.16. The molecule has 5 heteroatoms. The van der Waals surface area contributed by atoms with Crippen LogP contribution in [0.3, 0.4) is 0 Å². The zero-order valence-corrected chi connectivity index (χ0v) is 20.0. The Kier molecular flexibility index (Phi) is 6.64. The number of phenols is 1. The van der Waals surface area contributed by atoms with Gasteiger partial charge in [-0.1, -0.05) is 37.5 Å². The molecular formula is C28H37NO4. The highest BCUT2D eigenvalue weighted by Gasteiger charge is 2.46. The number of rotatable bonds is 5. The molecule has 1 aliphatic carbocycles. The smallest absolute Gasteiger partial charge is 0.159 e. The summed E-state index contributed by atoms with van der Waals surface area (Å²) in [7, 11) is 3.46. The van der Waals surface area contributed by atoms with Gasteiger partial charge in [-0.15, -0.1) is 0 Å². The van der Waals surface area contributed by atoms with Crippen LogP contribution in [0.4, 0.5) is 5.69 Å². The topological polar surface area (TPSA) is 51.2 Å². The molecule has 1 saturated heterocycles. The van der Waals surface area contributed by atoms with E-state index in [2.05, 4.69) is 35.2 Å². The first-order valence-electron chi connectivity index (χ1n) is 12.5. The second-order valence-corrected chi connectivity index (χ2v) is 9.99. The quantitative estimate of drug-likeness (QED) is 0.601. The minimum Gasteiger partial charge on any atom is -0.508 e. The maximum absolute atomic E-state index is 10.0. The van der Waals surface area contributed by atoms with E-state index in [1.165, 1.54) is 36.1 Å². The highest BCUT2D eigenvalue weighted by atomic mass is 16.7. The average Bonchev–Trinajstić information content (AvgIpc) is 2.86. The number of phenolic OH excluding ortho intramolecular Hbond substituents is 1. The number of nitrogens with zero attached hydrogens (tertiary/aromatic N) is 1. The van der Waals surface area contributed by atoms with Gasteiger partial charge in [-0.3, -0.25) is 0 Å². The molecule has 3 aliphatic rings. The van der Waals surface area contributed by atoms with Crippen molar-refractivity contribution in [1.29, 1.82) is 0 Å². The summed E-state index contributed by atoms with van der Waals surface area (Å²) in [6.07, 6.45) is 7.99. The van der Waals surface area contributed by atoms with Crippen LogP contribution in [0.2, 0.25) is 0 Å². The van der Waals surface area contributed by atoms with E-state index in [4.69, 9.17) is 14.2 Å². The lowest BCUT2D eigenvalue weighted by Crippen LogP contribution is -2.44. The molecule has 0 radical (unpaired) electrons. The van der Waals surface area contributed by atoms with Gasteiger partial charge in [-0.05, 0) is 66.6 Å². The maximum atomic E-state index is 10.0. The van der Waals surface area contributed by atoms with Crippen LogP contribution in [-0.4, -0.2) is 44.3 Å². The first kappa shape index (κ1) is 22.7. The zero-order chi connectivity index (χ0) is 22.8. The Balaban J connectivity index is 1.38. The Bertz CT molecular complexity index is 925. The summed E-state index contributed by atoms with van der Waals surface area (Å²) in [6.45, 7) is 2.63. The van der Waals surface area contributed by atoms with Crippen molar-refractivity contribution in [3.8, 4) is 5.75 Å². The Morgan fingerprint density at radius 1 is 0.970 bits per heavy atom. The molecule has 0 aromatic heterocycles. The maximum Gasteiger partial charge on any atom is 0.159 e. The number of methoxy groups -OCH3 is 2. The number of fused-ring (bicyclic) bond motifs is 1. The van der Waals surface area contributed by atoms with Crippen LogP contribution in [0.25, 0.3) is 0 Å². The molecule has 1 N–H and O–H groups in total. The predicted octanol–water partition coefficient (Wildman–Crippen LogP) is 5.59. The van der Waals surface area contributed by atoms with Crippen LogP contribution in [0.15, 0.2) is 42.5 Å². The van der Waals surface area contributed by atoms with Gasteiger partial charge in [0.1, 0.15) is 5.75 Å². The summed E-state index contributed by atoms with van der Waals surface area (Å²) in [5, 5.41) is 10.0. The van der Waals surface area contributed by atoms with Crippen LogP contribution < -0.4 is 4.90 Å². The second kappa shape index (κ2) is 9.65. The van der Waals surface area contributed by atoms with E-state index >= 15 is 0 Å². The predicted molar refractivity (Wildman–Crippen MR) is 130 cm³/mol. The molecule has 0 amide bonds. The molecule has 5 rings (SSSR count). The zero-order valence-electron chi connectivity index (χ0n) is 20.0.